The van der Waals surface area contributed by atoms with Crippen molar-refractivity contribution in [2.45, 2.75) is 39.4 Å². The Balaban J connectivity index is 3.17. The van der Waals surface area contributed by atoms with Crippen LogP contribution in [-0.2, 0) is 11.0 Å². The second kappa shape index (κ2) is 7.06. The number of halogens is 3. The van der Waals surface area contributed by atoms with Gasteiger partial charge >= 0.3 is 6.18 Å². The lowest BCUT2D eigenvalue weighted by atomic mass is 10.1. The highest BCUT2D eigenvalue weighted by atomic mass is 19.4. The molecule has 1 rings (SSSR count). The van der Waals surface area contributed by atoms with Crippen molar-refractivity contribution >= 4 is 17.3 Å². The second-order valence-electron chi connectivity index (χ2n) is 6.27. The van der Waals surface area contributed by atoms with E-state index in [1.165, 1.54) is 4.90 Å². The van der Waals surface area contributed by atoms with Gasteiger partial charge in [0.1, 0.15) is 5.69 Å². The average molecular weight is 347 g/mol. The summed E-state index contributed by atoms with van der Waals surface area (Å²) in [5, 5.41) is 13.9. The summed E-state index contributed by atoms with van der Waals surface area (Å²) in [6.45, 7) is 7.03. The molecule has 0 aliphatic carbocycles. The second-order valence-corrected chi connectivity index (χ2v) is 6.27. The number of carbonyl (C=O) groups is 1. The van der Waals surface area contributed by atoms with Gasteiger partial charge in [0.15, 0.2) is 0 Å². The Morgan fingerprint density at radius 3 is 2.29 bits per heavy atom. The first kappa shape index (κ1) is 19.7. The first-order chi connectivity index (χ1) is 10.8. The lowest BCUT2D eigenvalue weighted by Gasteiger charge is -2.26. The maximum atomic E-state index is 12.7. The Kier molecular flexibility index (Phi) is 5.80. The summed E-state index contributed by atoms with van der Waals surface area (Å²) in [5.41, 5.74) is -2.30. The van der Waals surface area contributed by atoms with E-state index in [0.29, 0.717) is 6.07 Å². The van der Waals surface area contributed by atoms with Gasteiger partial charge in [0, 0.05) is 18.2 Å². The van der Waals surface area contributed by atoms with E-state index in [2.05, 4.69) is 5.32 Å². The number of benzene rings is 1. The van der Waals surface area contributed by atoms with E-state index in [9.17, 15) is 28.1 Å². The first-order valence-electron chi connectivity index (χ1n) is 7.26. The van der Waals surface area contributed by atoms with Crippen LogP contribution in [0.25, 0.3) is 0 Å². The Bertz CT molecular complexity index is 625. The lowest BCUT2D eigenvalue weighted by Crippen LogP contribution is -2.46. The Morgan fingerprint density at radius 2 is 1.88 bits per heavy atom. The predicted octanol–water partition coefficient (Wildman–Crippen LogP) is 3.35. The van der Waals surface area contributed by atoms with Gasteiger partial charge in [0.2, 0.25) is 5.91 Å². The smallest absolute Gasteiger partial charge is 0.357 e. The van der Waals surface area contributed by atoms with E-state index in [4.69, 9.17) is 0 Å². The number of nitrogens with one attached hydrogen (secondary N) is 1. The van der Waals surface area contributed by atoms with Gasteiger partial charge in [-0.1, -0.05) is 0 Å². The van der Waals surface area contributed by atoms with Crippen LogP contribution in [0.3, 0.4) is 0 Å². The van der Waals surface area contributed by atoms with E-state index >= 15 is 0 Å². The van der Waals surface area contributed by atoms with Crippen molar-refractivity contribution in [3.05, 3.63) is 33.9 Å². The van der Waals surface area contributed by atoms with Gasteiger partial charge < -0.3 is 10.2 Å². The zero-order chi connectivity index (χ0) is 18.7. The van der Waals surface area contributed by atoms with Crippen LogP contribution in [0.4, 0.5) is 24.5 Å². The SMILES string of the molecule is CCN(CC(=O)NC(C)(C)C)c1ccc(C(F)(F)F)cc1[N+](=O)[O-]. The predicted molar refractivity (Wildman–Crippen MR) is 83.9 cm³/mol. The highest BCUT2D eigenvalue weighted by Crippen LogP contribution is 2.36. The van der Waals surface area contributed by atoms with E-state index in [1.54, 1.807) is 27.7 Å². The van der Waals surface area contributed by atoms with Gasteiger partial charge in [0.25, 0.3) is 5.69 Å². The zero-order valence-electron chi connectivity index (χ0n) is 13.9. The van der Waals surface area contributed by atoms with Crippen LogP contribution in [0.15, 0.2) is 18.2 Å². The number of carbonyl (C=O) groups excluding carboxylic acids is 1. The lowest BCUT2D eigenvalue weighted by molar-refractivity contribution is -0.384. The number of nitro benzene ring substituents is 1. The average Bonchev–Trinajstić information content (AvgIpc) is 2.41. The molecular weight excluding hydrogens is 327 g/mol. The molecule has 0 radical (unpaired) electrons. The number of anilines is 1. The molecule has 0 aliphatic rings. The minimum absolute atomic E-state index is 0.0282. The molecule has 0 saturated heterocycles. The number of nitrogens with zero attached hydrogens (tertiary/aromatic N) is 2. The van der Waals surface area contributed by atoms with E-state index in [0.717, 1.165) is 12.1 Å². The number of nitro groups is 1. The van der Waals surface area contributed by atoms with Crippen LogP contribution in [0.5, 0.6) is 0 Å². The van der Waals surface area contributed by atoms with Crippen molar-refractivity contribution in [3.63, 3.8) is 0 Å². The Hall–Kier alpha value is -2.32. The van der Waals surface area contributed by atoms with Gasteiger partial charge in [-0.2, -0.15) is 13.2 Å². The summed E-state index contributed by atoms with van der Waals surface area (Å²) in [7, 11) is 0. The molecule has 0 bridgehead atoms. The van der Waals surface area contributed by atoms with Crippen molar-refractivity contribution < 1.29 is 22.9 Å². The number of alkyl halides is 3. The summed E-state index contributed by atoms with van der Waals surface area (Å²) in [6.07, 6.45) is -4.68. The van der Waals surface area contributed by atoms with Gasteiger partial charge in [-0.05, 0) is 39.8 Å². The van der Waals surface area contributed by atoms with E-state index in [1.807, 2.05) is 0 Å². The fraction of sp³-hybridized carbons (Fsp3) is 0.533. The van der Waals surface area contributed by atoms with Crippen molar-refractivity contribution in [2.24, 2.45) is 0 Å². The van der Waals surface area contributed by atoms with Crippen LogP contribution in [0.2, 0.25) is 0 Å². The molecule has 0 unspecified atom stereocenters. The summed E-state index contributed by atoms with van der Waals surface area (Å²) < 4.78 is 38.2. The quantitative estimate of drug-likeness (QED) is 0.655. The maximum absolute atomic E-state index is 12.7. The molecule has 1 N–H and O–H groups in total. The van der Waals surface area contributed by atoms with Crippen molar-refractivity contribution in [3.8, 4) is 0 Å². The molecule has 0 spiro atoms. The summed E-state index contributed by atoms with van der Waals surface area (Å²) in [4.78, 5) is 23.6. The maximum Gasteiger partial charge on any atom is 0.416 e. The molecule has 0 heterocycles. The summed E-state index contributed by atoms with van der Waals surface area (Å²) in [6, 6.07) is 2.28. The molecule has 1 aromatic rings. The Labute approximate surface area is 137 Å². The van der Waals surface area contributed by atoms with Crippen molar-refractivity contribution in [1.82, 2.24) is 5.32 Å². The van der Waals surface area contributed by atoms with Crippen LogP contribution in [0, 0.1) is 10.1 Å². The number of amides is 1. The third kappa shape index (κ3) is 5.39. The number of hydrogen-bond donors (Lipinski definition) is 1. The first-order valence-corrected chi connectivity index (χ1v) is 7.26. The Morgan fingerprint density at radius 1 is 1.29 bits per heavy atom. The highest BCUT2D eigenvalue weighted by molar-refractivity contribution is 5.83. The molecule has 0 aromatic heterocycles. The molecule has 0 aliphatic heterocycles. The van der Waals surface area contributed by atoms with Crippen LogP contribution >= 0.6 is 0 Å². The molecule has 6 nitrogen and oxygen atoms in total. The van der Waals surface area contributed by atoms with Gasteiger partial charge in [0.05, 0.1) is 17.0 Å². The number of likely N-dealkylation sites (N-methyl/N-ethyl adjacent to an activating group) is 1. The third-order valence-electron chi connectivity index (χ3n) is 3.07. The molecule has 0 atom stereocenters. The van der Waals surface area contributed by atoms with E-state index in [-0.39, 0.29) is 24.7 Å². The van der Waals surface area contributed by atoms with Crippen molar-refractivity contribution in [2.75, 3.05) is 18.0 Å². The third-order valence-corrected chi connectivity index (χ3v) is 3.07. The fourth-order valence-electron chi connectivity index (χ4n) is 2.11. The molecule has 1 amide bonds. The number of rotatable bonds is 5. The monoisotopic (exact) mass is 347 g/mol. The minimum atomic E-state index is -4.68. The fourth-order valence-corrected chi connectivity index (χ4v) is 2.11. The summed E-state index contributed by atoms with van der Waals surface area (Å²) >= 11 is 0. The highest BCUT2D eigenvalue weighted by Gasteiger charge is 2.34. The molecule has 24 heavy (non-hydrogen) atoms. The van der Waals surface area contributed by atoms with Crippen LogP contribution in [0.1, 0.15) is 33.3 Å². The molecule has 0 fully saturated rings. The van der Waals surface area contributed by atoms with Crippen LogP contribution in [-0.4, -0.2) is 29.5 Å². The largest absolute Gasteiger partial charge is 0.416 e. The standard InChI is InChI=1S/C15H20F3N3O3/c1-5-20(9-13(22)19-14(2,3)4)11-7-6-10(15(16,17)18)8-12(11)21(23)24/h6-8H,5,9H2,1-4H3,(H,19,22). The van der Waals surface area contributed by atoms with Crippen molar-refractivity contribution in [1.29, 1.82) is 0 Å². The normalized spacial score (nSPS) is 12.0. The molecular formula is C15H20F3N3O3. The molecule has 134 valence electrons. The molecule has 0 saturated carbocycles. The van der Waals surface area contributed by atoms with E-state index < -0.39 is 27.9 Å². The summed E-state index contributed by atoms with van der Waals surface area (Å²) in [5.74, 6) is -0.376. The number of hydrogen-bond acceptors (Lipinski definition) is 4. The van der Waals surface area contributed by atoms with Gasteiger partial charge in [-0.25, -0.2) is 0 Å². The van der Waals surface area contributed by atoms with Gasteiger partial charge in [-0.3, -0.25) is 14.9 Å². The topological polar surface area (TPSA) is 75.5 Å². The molecule has 9 heteroatoms. The molecule has 1 aromatic carbocycles. The van der Waals surface area contributed by atoms with Gasteiger partial charge in [-0.15, -0.1) is 0 Å². The van der Waals surface area contributed by atoms with Crippen LogP contribution < -0.4 is 10.2 Å². The zero-order valence-corrected chi connectivity index (χ0v) is 13.9. The minimum Gasteiger partial charge on any atom is -0.357 e.